The zero-order chi connectivity index (χ0) is 7.84. The van der Waals surface area contributed by atoms with Gasteiger partial charge in [-0.15, -0.1) is 0 Å². The van der Waals surface area contributed by atoms with Gasteiger partial charge in [-0.25, -0.2) is 0 Å². The average molecular weight is 168 g/mol. The maximum absolute atomic E-state index is 9.42. The molecule has 2 N–H and O–H groups in total. The number of aliphatic hydroxyl groups is 2. The molecular weight excluding hydrogens is 160 g/mol. The first-order valence-electron chi connectivity index (χ1n) is 3.39. The molecular formula is C8H8O2S. The first kappa shape index (κ1) is 7.03. The first-order valence-corrected chi connectivity index (χ1v) is 4.34. The van der Waals surface area contributed by atoms with Crippen LogP contribution in [0.2, 0.25) is 0 Å². The van der Waals surface area contributed by atoms with E-state index in [0.29, 0.717) is 0 Å². The summed E-state index contributed by atoms with van der Waals surface area (Å²) < 4.78 is 0. The van der Waals surface area contributed by atoms with Gasteiger partial charge in [0.25, 0.3) is 0 Å². The van der Waals surface area contributed by atoms with Crippen molar-refractivity contribution in [3.05, 3.63) is 28.0 Å². The second kappa shape index (κ2) is 2.44. The van der Waals surface area contributed by atoms with E-state index in [0.717, 1.165) is 11.1 Å². The number of fused-ring (bicyclic) bond motifs is 1. The molecule has 0 radical (unpaired) electrons. The van der Waals surface area contributed by atoms with Gasteiger partial charge in [0.2, 0.25) is 0 Å². The molecule has 0 aliphatic heterocycles. The average Bonchev–Trinajstić information content (AvgIpc) is 2.45. The topological polar surface area (TPSA) is 40.5 Å². The normalized spacial score (nSPS) is 28.5. The van der Waals surface area contributed by atoms with Crippen molar-refractivity contribution in [3.63, 3.8) is 0 Å². The largest absolute Gasteiger partial charge is 0.386 e. The van der Waals surface area contributed by atoms with Crippen molar-refractivity contribution in [3.8, 4) is 0 Å². The number of rotatable bonds is 0. The number of aliphatic hydroxyl groups excluding tert-OH is 2. The van der Waals surface area contributed by atoms with Crippen LogP contribution in [-0.4, -0.2) is 16.3 Å². The summed E-state index contributed by atoms with van der Waals surface area (Å²) >= 11 is 1.54. The van der Waals surface area contributed by atoms with Crippen LogP contribution in [0.3, 0.4) is 0 Å². The Kier molecular flexibility index (Phi) is 1.56. The molecule has 0 fully saturated rings. The molecule has 2 rings (SSSR count). The van der Waals surface area contributed by atoms with Crippen molar-refractivity contribution < 1.29 is 10.2 Å². The van der Waals surface area contributed by atoms with Crippen molar-refractivity contribution >= 4 is 17.4 Å². The molecule has 2 atom stereocenters. The zero-order valence-corrected chi connectivity index (χ0v) is 6.58. The molecule has 0 saturated carbocycles. The maximum atomic E-state index is 9.42. The van der Waals surface area contributed by atoms with E-state index in [9.17, 15) is 10.2 Å². The van der Waals surface area contributed by atoms with Crippen molar-refractivity contribution in [2.75, 3.05) is 0 Å². The van der Waals surface area contributed by atoms with Gasteiger partial charge < -0.3 is 10.2 Å². The summed E-state index contributed by atoms with van der Waals surface area (Å²) in [6, 6.07) is 0. The van der Waals surface area contributed by atoms with Crippen molar-refractivity contribution in [1.29, 1.82) is 0 Å². The molecule has 1 aromatic rings. The summed E-state index contributed by atoms with van der Waals surface area (Å²) in [5, 5.41) is 22.5. The Hall–Kier alpha value is -0.640. The van der Waals surface area contributed by atoms with E-state index < -0.39 is 12.2 Å². The summed E-state index contributed by atoms with van der Waals surface area (Å²) in [5.41, 5.74) is 1.86. The van der Waals surface area contributed by atoms with Gasteiger partial charge in [-0.05, 0) is 16.3 Å². The molecule has 1 aromatic heterocycles. The van der Waals surface area contributed by atoms with E-state index in [1.54, 1.807) is 6.08 Å². The van der Waals surface area contributed by atoms with Crippen LogP contribution in [0, 0.1) is 0 Å². The summed E-state index contributed by atoms with van der Waals surface area (Å²) in [5.74, 6) is 0. The van der Waals surface area contributed by atoms with Gasteiger partial charge in [0.15, 0.2) is 0 Å². The van der Waals surface area contributed by atoms with Crippen molar-refractivity contribution in [2.24, 2.45) is 0 Å². The quantitative estimate of drug-likeness (QED) is 0.610. The van der Waals surface area contributed by atoms with E-state index in [1.807, 2.05) is 16.8 Å². The minimum Gasteiger partial charge on any atom is -0.386 e. The van der Waals surface area contributed by atoms with Gasteiger partial charge in [0.05, 0.1) is 0 Å². The van der Waals surface area contributed by atoms with Crippen LogP contribution in [0.15, 0.2) is 16.8 Å². The minimum atomic E-state index is -0.739. The Morgan fingerprint density at radius 2 is 2.09 bits per heavy atom. The highest BCUT2D eigenvalue weighted by Gasteiger charge is 2.22. The fourth-order valence-corrected chi connectivity index (χ4v) is 2.04. The third-order valence-corrected chi connectivity index (χ3v) is 2.62. The summed E-state index contributed by atoms with van der Waals surface area (Å²) in [7, 11) is 0. The van der Waals surface area contributed by atoms with E-state index in [2.05, 4.69) is 0 Å². The SMILES string of the molecule is O[C@@H]1c2cscc2C=C[C@@H]1O. The van der Waals surface area contributed by atoms with Crippen LogP contribution in [0.5, 0.6) is 0 Å². The van der Waals surface area contributed by atoms with Crippen LogP contribution in [0.25, 0.3) is 6.08 Å². The molecule has 0 spiro atoms. The molecule has 3 heteroatoms. The lowest BCUT2D eigenvalue weighted by atomic mass is 9.97. The molecule has 1 heterocycles. The van der Waals surface area contributed by atoms with E-state index in [-0.39, 0.29) is 0 Å². The molecule has 1 aliphatic rings. The molecule has 0 amide bonds. The van der Waals surface area contributed by atoms with E-state index >= 15 is 0 Å². The maximum Gasteiger partial charge on any atom is 0.110 e. The highest BCUT2D eigenvalue weighted by atomic mass is 32.1. The third kappa shape index (κ3) is 1.01. The minimum absolute atomic E-state index is 0.735. The molecule has 2 nitrogen and oxygen atoms in total. The molecule has 0 unspecified atom stereocenters. The lowest BCUT2D eigenvalue weighted by Gasteiger charge is -2.18. The van der Waals surface area contributed by atoms with Crippen molar-refractivity contribution in [1.82, 2.24) is 0 Å². The Bertz CT molecular complexity index is 290. The molecule has 0 bridgehead atoms. The molecule has 58 valence electrons. The Balaban J connectivity index is 2.48. The smallest absolute Gasteiger partial charge is 0.110 e. The van der Waals surface area contributed by atoms with Crippen LogP contribution in [0.4, 0.5) is 0 Å². The first-order chi connectivity index (χ1) is 5.29. The number of hydrogen-bond donors (Lipinski definition) is 2. The lowest BCUT2D eigenvalue weighted by molar-refractivity contribution is 0.0473. The van der Waals surface area contributed by atoms with Gasteiger partial charge in [0, 0.05) is 5.56 Å². The Morgan fingerprint density at radius 3 is 2.91 bits per heavy atom. The van der Waals surface area contributed by atoms with Crippen molar-refractivity contribution in [2.45, 2.75) is 12.2 Å². The fraction of sp³-hybridized carbons (Fsp3) is 0.250. The standard InChI is InChI=1S/C8H8O2S/c9-7-2-1-5-3-11-4-6(5)8(7)10/h1-4,7-10H/t7-,8+/m0/s1. The van der Waals surface area contributed by atoms with Gasteiger partial charge >= 0.3 is 0 Å². The second-order valence-electron chi connectivity index (χ2n) is 2.58. The van der Waals surface area contributed by atoms with Gasteiger partial charge in [-0.1, -0.05) is 12.2 Å². The summed E-state index contributed by atoms with van der Waals surface area (Å²) in [6.07, 6.45) is 1.97. The van der Waals surface area contributed by atoms with Gasteiger partial charge in [0.1, 0.15) is 12.2 Å². The Labute approximate surface area is 68.4 Å². The summed E-state index contributed by atoms with van der Waals surface area (Å²) in [4.78, 5) is 0. The number of hydrogen-bond acceptors (Lipinski definition) is 3. The lowest BCUT2D eigenvalue weighted by Crippen LogP contribution is -2.17. The third-order valence-electron chi connectivity index (χ3n) is 1.84. The monoisotopic (exact) mass is 168 g/mol. The highest BCUT2D eigenvalue weighted by molar-refractivity contribution is 7.08. The van der Waals surface area contributed by atoms with E-state index in [4.69, 9.17) is 0 Å². The van der Waals surface area contributed by atoms with E-state index in [1.165, 1.54) is 11.3 Å². The molecule has 1 aliphatic carbocycles. The van der Waals surface area contributed by atoms with Crippen LogP contribution in [0.1, 0.15) is 17.2 Å². The van der Waals surface area contributed by atoms with Crippen LogP contribution < -0.4 is 0 Å². The Morgan fingerprint density at radius 1 is 1.27 bits per heavy atom. The van der Waals surface area contributed by atoms with Crippen LogP contribution in [-0.2, 0) is 0 Å². The zero-order valence-electron chi connectivity index (χ0n) is 5.77. The fourth-order valence-electron chi connectivity index (χ4n) is 1.18. The predicted molar refractivity (Wildman–Crippen MR) is 44.3 cm³/mol. The van der Waals surface area contributed by atoms with Gasteiger partial charge in [-0.2, -0.15) is 11.3 Å². The molecule has 0 aromatic carbocycles. The molecule has 11 heavy (non-hydrogen) atoms. The highest BCUT2D eigenvalue weighted by Crippen LogP contribution is 2.30. The molecule has 0 saturated heterocycles. The number of thiophene rings is 1. The summed E-state index contributed by atoms with van der Waals surface area (Å²) in [6.45, 7) is 0. The van der Waals surface area contributed by atoms with Gasteiger partial charge in [-0.3, -0.25) is 0 Å². The predicted octanol–water partition coefficient (Wildman–Crippen LogP) is 1.17. The van der Waals surface area contributed by atoms with Crippen LogP contribution >= 0.6 is 11.3 Å². The second-order valence-corrected chi connectivity index (χ2v) is 3.32.